The van der Waals surface area contributed by atoms with Crippen LogP contribution in [-0.4, -0.2) is 27.7 Å². The number of aliphatic hydroxyl groups is 1. The maximum absolute atomic E-state index is 10.9. The number of benzene rings is 1. The van der Waals surface area contributed by atoms with E-state index in [2.05, 4.69) is 55.2 Å². The zero-order chi connectivity index (χ0) is 14.9. The van der Waals surface area contributed by atoms with Crippen LogP contribution < -0.4 is 0 Å². The summed E-state index contributed by atoms with van der Waals surface area (Å²) in [6, 6.07) is 11.8. The number of nitrogens with zero attached hydrogens (tertiary/aromatic N) is 1. The van der Waals surface area contributed by atoms with Crippen LogP contribution in [0, 0.1) is 0 Å². The Morgan fingerprint density at radius 3 is 2.38 bits per heavy atom. The highest BCUT2D eigenvalue weighted by atomic mass is 16.3. The van der Waals surface area contributed by atoms with E-state index in [-0.39, 0.29) is 0 Å². The molecule has 0 aromatic heterocycles. The molecule has 0 spiro atoms. The molecule has 1 N–H and O–H groups in total. The van der Waals surface area contributed by atoms with Gasteiger partial charge in [0.1, 0.15) is 0 Å². The summed E-state index contributed by atoms with van der Waals surface area (Å²) in [7, 11) is 0. The van der Waals surface area contributed by atoms with E-state index in [4.69, 9.17) is 0 Å². The van der Waals surface area contributed by atoms with E-state index in [9.17, 15) is 5.11 Å². The van der Waals surface area contributed by atoms with E-state index in [0.29, 0.717) is 12.1 Å². The summed E-state index contributed by atoms with van der Waals surface area (Å²) in [5.74, 6) is 0. The average Bonchev–Trinajstić information content (AvgIpc) is 2.40. The van der Waals surface area contributed by atoms with Crippen LogP contribution in [0.25, 0.3) is 0 Å². The van der Waals surface area contributed by atoms with E-state index in [1.165, 1.54) is 30.4 Å². The summed E-state index contributed by atoms with van der Waals surface area (Å²) in [5, 5.41) is 10.9. The third-order valence-electron chi connectivity index (χ3n) is 4.96. The van der Waals surface area contributed by atoms with Gasteiger partial charge in [0.25, 0.3) is 0 Å². The normalized spacial score (nSPS) is 32.7. The molecule has 1 aromatic rings. The Balaban J connectivity index is 1.77. The van der Waals surface area contributed by atoms with Crippen molar-refractivity contribution in [2.45, 2.75) is 70.2 Å². The Morgan fingerprint density at radius 2 is 1.81 bits per heavy atom. The Labute approximate surface area is 128 Å². The van der Waals surface area contributed by atoms with Gasteiger partial charge in [-0.15, -0.1) is 0 Å². The molecule has 2 bridgehead atoms. The van der Waals surface area contributed by atoms with Crippen molar-refractivity contribution >= 4 is 0 Å². The predicted molar refractivity (Wildman–Crippen MR) is 87.0 cm³/mol. The largest absolute Gasteiger partial charge is 0.386 e. The van der Waals surface area contributed by atoms with Gasteiger partial charge in [-0.3, -0.25) is 4.90 Å². The molecular weight excluding hydrogens is 258 g/mol. The van der Waals surface area contributed by atoms with Crippen molar-refractivity contribution in [1.29, 1.82) is 0 Å². The van der Waals surface area contributed by atoms with Gasteiger partial charge in [0, 0.05) is 18.6 Å². The van der Waals surface area contributed by atoms with Gasteiger partial charge in [-0.05, 0) is 45.1 Å². The fraction of sp³-hybridized carbons (Fsp3) is 0.579. The number of hydrogen-bond donors (Lipinski definition) is 1. The van der Waals surface area contributed by atoms with Gasteiger partial charge >= 0.3 is 0 Å². The van der Waals surface area contributed by atoms with Gasteiger partial charge in [0.05, 0.1) is 5.60 Å². The second kappa shape index (κ2) is 5.94. The lowest BCUT2D eigenvalue weighted by Gasteiger charge is -2.51. The molecule has 2 aliphatic heterocycles. The van der Waals surface area contributed by atoms with E-state index >= 15 is 0 Å². The van der Waals surface area contributed by atoms with Crippen molar-refractivity contribution in [3.63, 3.8) is 0 Å². The fourth-order valence-electron chi connectivity index (χ4n) is 4.26. The maximum Gasteiger partial charge on any atom is 0.0859 e. The summed E-state index contributed by atoms with van der Waals surface area (Å²) in [5.41, 5.74) is 2.04. The minimum Gasteiger partial charge on any atom is -0.386 e. The van der Waals surface area contributed by atoms with Crippen molar-refractivity contribution in [2.75, 3.05) is 0 Å². The number of fused-ring (bicyclic) bond motifs is 2. The summed E-state index contributed by atoms with van der Waals surface area (Å²) in [6.07, 6.45) is 7.64. The minimum absolute atomic E-state index is 0.526. The number of allylic oxidation sites excluding steroid dienone is 1. The summed E-state index contributed by atoms with van der Waals surface area (Å²) < 4.78 is 0. The summed E-state index contributed by atoms with van der Waals surface area (Å²) in [6.45, 7) is 5.20. The molecule has 2 unspecified atom stereocenters. The molecule has 114 valence electrons. The quantitative estimate of drug-likeness (QED) is 0.851. The second-order valence-corrected chi connectivity index (χ2v) is 7.13. The third-order valence-corrected chi connectivity index (χ3v) is 4.96. The van der Waals surface area contributed by atoms with Gasteiger partial charge in [-0.25, -0.2) is 0 Å². The van der Waals surface area contributed by atoms with E-state index < -0.39 is 5.60 Å². The van der Waals surface area contributed by atoms with Crippen LogP contribution >= 0.6 is 0 Å². The van der Waals surface area contributed by atoms with E-state index in [1.54, 1.807) is 0 Å². The van der Waals surface area contributed by atoms with Crippen molar-refractivity contribution in [2.24, 2.45) is 0 Å². The van der Waals surface area contributed by atoms with Crippen molar-refractivity contribution in [3.8, 4) is 0 Å². The topological polar surface area (TPSA) is 23.5 Å². The Morgan fingerprint density at radius 1 is 1.19 bits per heavy atom. The first kappa shape index (κ1) is 14.8. The first-order chi connectivity index (χ1) is 10.1. The second-order valence-electron chi connectivity index (χ2n) is 7.13. The number of rotatable bonds is 3. The lowest BCUT2D eigenvalue weighted by Crippen LogP contribution is -2.56. The van der Waals surface area contributed by atoms with Crippen molar-refractivity contribution in [3.05, 3.63) is 47.5 Å². The van der Waals surface area contributed by atoms with Gasteiger partial charge < -0.3 is 5.11 Å². The standard InChI is InChI=1S/C19H27NO/c1-15(2)11-19(21)12-17-9-6-10-18(13-19)20(17)14-16-7-4-3-5-8-16/h3-5,7-8,11,17-18,21H,6,9-10,12-14H2,1-2H3. The molecule has 1 aromatic carbocycles. The van der Waals surface area contributed by atoms with E-state index in [1.807, 2.05) is 0 Å². The molecule has 2 saturated heterocycles. The lowest BCUT2D eigenvalue weighted by molar-refractivity contribution is -0.0696. The lowest BCUT2D eigenvalue weighted by atomic mass is 9.75. The van der Waals surface area contributed by atoms with Gasteiger partial charge in [0.2, 0.25) is 0 Å². The molecule has 2 nitrogen and oxygen atoms in total. The SMILES string of the molecule is CC(C)=CC1(O)CC2CCCC(C1)N2Cc1ccccc1. The van der Waals surface area contributed by atoms with Crippen LogP contribution in [0.2, 0.25) is 0 Å². The minimum atomic E-state index is -0.582. The highest BCUT2D eigenvalue weighted by Gasteiger charge is 2.44. The molecule has 2 heterocycles. The number of hydrogen-bond acceptors (Lipinski definition) is 2. The van der Waals surface area contributed by atoms with E-state index in [0.717, 1.165) is 19.4 Å². The van der Waals surface area contributed by atoms with Crippen LogP contribution in [0.4, 0.5) is 0 Å². The van der Waals surface area contributed by atoms with Gasteiger partial charge in [-0.2, -0.15) is 0 Å². The van der Waals surface area contributed by atoms with Crippen LogP contribution in [0.15, 0.2) is 42.0 Å². The Hall–Kier alpha value is -1.12. The zero-order valence-corrected chi connectivity index (χ0v) is 13.3. The predicted octanol–water partition coefficient (Wildman–Crippen LogP) is 3.90. The average molecular weight is 285 g/mol. The van der Waals surface area contributed by atoms with Gasteiger partial charge in [0.15, 0.2) is 0 Å². The first-order valence-corrected chi connectivity index (χ1v) is 8.24. The monoisotopic (exact) mass is 285 g/mol. The van der Waals surface area contributed by atoms with Crippen molar-refractivity contribution in [1.82, 2.24) is 4.90 Å². The highest BCUT2D eigenvalue weighted by Crippen LogP contribution is 2.41. The molecular formula is C19H27NO. The smallest absolute Gasteiger partial charge is 0.0859 e. The van der Waals surface area contributed by atoms with Crippen LogP contribution in [0.3, 0.4) is 0 Å². The molecule has 2 aliphatic rings. The van der Waals surface area contributed by atoms with Crippen LogP contribution in [-0.2, 0) is 6.54 Å². The first-order valence-electron chi connectivity index (χ1n) is 8.24. The molecule has 2 heteroatoms. The van der Waals surface area contributed by atoms with Gasteiger partial charge in [-0.1, -0.05) is 48.4 Å². The Bertz CT molecular complexity index is 490. The molecule has 0 saturated carbocycles. The molecule has 2 fully saturated rings. The highest BCUT2D eigenvalue weighted by molar-refractivity contribution is 5.17. The maximum atomic E-state index is 10.9. The molecule has 0 aliphatic carbocycles. The molecule has 0 amide bonds. The fourth-order valence-corrected chi connectivity index (χ4v) is 4.26. The molecule has 2 atom stereocenters. The molecule has 21 heavy (non-hydrogen) atoms. The van der Waals surface area contributed by atoms with Crippen LogP contribution in [0.1, 0.15) is 51.5 Å². The van der Waals surface area contributed by atoms with Crippen LogP contribution in [0.5, 0.6) is 0 Å². The summed E-state index contributed by atoms with van der Waals surface area (Å²) >= 11 is 0. The summed E-state index contributed by atoms with van der Waals surface area (Å²) in [4.78, 5) is 2.64. The zero-order valence-electron chi connectivity index (χ0n) is 13.3. The molecule has 0 radical (unpaired) electrons. The third kappa shape index (κ3) is 3.38. The van der Waals surface area contributed by atoms with Crippen molar-refractivity contribution < 1.29 is 5.11 Å². The number of piperidine rings is 2. The molecule has 3 rings (SSSR count). The Kier molecular flexibility index (Phi) is 4.19.